The minimum atomic E-state index is -0.912. The molecule has 120 valence electrons. The van der Waals surface area contributed by atoms with Crippen LogP contribution in [0.15, 0.2) is 54.6 Å². The summed E-state index contributed by atoms with van der Waals surface area (Å²) in [6.07, 6.45) is 2.08. The van der Waals surface area contributed by atoms with Gasteiger partial charge in [-0.15, -0.1) is 0 Å². The van der Waals surface area contributed by atoms with Gasteiger partial charge in [0.25, 0.3) is 0 Å². The Hall–Kier alpha value is -2.88. The van der Waals surface area contributed by atoms with Crippen molar-refractivity contribution in [3.8, 4) is 0 Å². The largest absolute Gasteiger partial charge is 0.478 e. The summed E-state index contributed by atoms with van der Waals surface area (Å²) in [6, 6.07) is 17.6. The summed E-state index contributed by atoms with van der Waals surface area (Å²) in [4.78, 5) is 18.6. The number of rotatable bonds is 2. The van der Waals surface area contributed by atoms with Gasteiger partial charge in [-0.2, -0.15) is 0 Å². The zero-order valence-electron chi connectivity index (χ0n) is 13.3. The average molecular weight is 318 g/mol. The van der Waals surface area contributed by atoms with Crippen LogP contribution in [0.4, 0.5) is 5.82 Å². The highest BCUT2D eigenvalue weighted by Gasteiger charge is 2.18. The number of fused-ring (bicyclic) bond motifs is 2. The molecule has 0 spiro atoms. The first-order valence-electron chi connectivity index (χ1n) is 8.17. The van der Waals surface area contributed by atoms with Gasteiger partial charge in [0.15, 0.2) is 0 Å². The molecule has 0 saturated heterocycles. The Kier molecular flexibility index (Phi) is 3.65. The number of benzene rings is 2. The lowest BCUT2D eigenvalue weighted by molar-refractivity contribution is 0.0699. The molecule has 0 bridgehead atoms. The lowest BCUT2D eigenvalue weighted by Gasteiger charge is -2.23. The summed E-state index contributed by atoms with van der Waals surface area (Å²) in [6.45, 7) is 1.64. The Morgan fingerprint density at radius 1 is 1.04 bits per heavy atom. The summed E-state index contributed by atoms with van der Waals surface area (Å²) >= 11 is 0. The lowest BCUT2D eigenvalue weighted by Crippen LogP contribution is -2.24. The summed E-state index contributed by atoms with van der Waals surface area (Å²) in [5.74, 6) is -0.173. The van der Waals surface area contributed by atoms with Crippen LogP contribution in [0.2, 0.25) is 0 Å². The minimum absolute atomic E-state index is 0.313. The molecule has 3 aromatic rings. The number of aromatic carboxylic acids is 1. The fraction of sp³-hybridized carbons (Fsp3) is 0.200. The van der Waals surface area contributed by atoms with Gasteiger partial charge in [-0.25, -0.2) is 9.78 Å². The molecule has 0 amide bonds. The number of para-hydroxylation sites is 1. The highest BCUT2D eigenvalue weighted by molar-refractivity contribution is 6.03. The molecule has 0 unspecified atom stereocenters. The van der Waals surface area contributed by atoms with Gasteiger partial charge >= 0.3 is 5.97 Å². The number of aromatic nitrogens is 1. The fourth-order valence-corrected chi connectivity index (χ4v) is 3.40. The highest BCUT2D eigenvalue weighted by Crippen LogP contribution is 2.27. The smallest absolute Gasteiger partial charge is 0.336 e. The van der Waals surface area contributed by atoms with E-state index in [9.17, 15) is 9.90 Å². The molecule has 4 nitrogen and oxygen atoms in total. The average Bonchev–Trinajstić information content (AvgIpc) is 2.83. The Morgan fingerprint density at radius 3 is 2.62 bits per heavy atom. The van der Waals surface area contributed by atoms with E-state index in [1.807, 2.05) is 24.3 Å². The van der Waals surface area contributed by atoms with Gasteiger partial charge in [-0.3, -0.25) is 0 Å². The van der Waals surface area contributed by atoms with Crippen LogP contribution in [0, 0.1) is 0 Å². The Labute approximate surface area is 140 Å². The molecule has 1 aromatic heterocycles. The van der Waals surface area contributed by atoms with Crippen LogP contribution in [0.3, 0.4) is 0 Å². The zero-order valence-corrected chi connectivity index (χ0v) is 13.3. The van der Waals surface area contributed by atoms with Gasteiger partial charge in [-0.1, -0.05) is 42.5 Å². The van der Waals surface area contributed by atoms with Gasteiger partial charge in [0.05, 0.1) is 11.1 Å². The van der Waals surface area contributed by atoms with E-state index < -0.39 is 5.97 Å². The van der Waals surface area contributed by atoms with Gasteiger partial charge in [0.1, 0.15) is 5.82 Å². The van der Waals surface area contributed by atoms with Crippen LogP contribution in [-0.2, 0) is 13.0 Å². The minimum Gasteiger partial charge on any atom is -0.478 e. The van der Waals surface area contributed by atoms with Gasteiger partial charge < -0.3 is 10.0 Å². The predicted octanol–water partition coefficient (Wildman–Crippen LogP) is 3.89. The summed E-state index contributed by atoms with van der Waals surface area (Å²) in [7, 11) is 0. The molecule has 1 aliphatic heterocycles. The molecular weight excluding hydrogens is 300 g/mol. The molecular formula is C20H18N2O2. The first-order valence-corrected chi connectivity index (χ1v) is 8.17. The van der Waals surface area contributed by atoms with E-state index in [0.717, 1.165) is 37.3 Å². The summed E-state index contributed by atoms with van der Waals surface area (Å²) in [5, 5.41) is 10.3. The van der Waals surface area contributed by atoms with E-state index in [2.05, 4.69) is 29.2 Å². The number of carboxylic acids is 1. The van der Waals surface area contributed by atoms with Crippen LogP contribution < -0.4 is 4.90 Å². The molecule has 0 aliphatic carbocycles. The Morgan fingerprint density at radius 2 is 1.79 bits per heavy atom. The number of anilines is 1. The van der Waals surface area contributed by atoms with Crippen LogP contribution in [0.1, 0.15) is 27.9 Å². The summed E-state index contributed by atoms with van der Waals surface area (Å²) < 4.78 is 0. The number of pyridine rings is 1. The first kappa shape index (κ1) is 14.7. The molecule has 0 fully saturated rings. The van der Waals surface area contributed by atoms with Crippen LogP contribution >= 0.6 is 0 Å². The van der Waals surface area contributed by atoms with Crippen molar-refractivity contribution in [2.24, 2.45) is 0 Å². The molecule has 4 rings (SSSR count). The summed E-state index contributed by atoms with van der Waals surface area (Å²) in [5.41, 5.74) is 3.71. The van der Waals surface area contributed by atoms with E-state index >= 15 is 0 Å². The van der Waals surface area contributed by atoms with Crippen LogP contribution in [0.5, 0.6) is 0 Å². The maximum atomic E-state index is 11.7. The van der Waals surface area contributed by atoms with Crippen molar-refractivity contribution in [2.45, 2.75) is 19.4 Å². The second-order valence-corrected chi connectivity index (χ2v) is 6.14. The van der Waals surface area contributed by atoms with Crippen molar-refractivity contribution in [3.05, 3.63) is 71.3 Å². The fourth-order valence-electron chi connectivity index (χ4n) is 3.40. The number of nitrogens with zero attached hydrogens (tertiary/aromatic N) is 2. The van der Waals surface area contributed by atoms with Gasteiger partial charge in [0, 0.05) is 18.5 Å². The Bertz CT molecular complexity index is 920. The number of aryl methyl sites for hydroxylation is 1. The standard InChI is InChI=1S/C20H18N2O2/c23-20(24)17-12-19(21-18-10-4-3-9-16(17)18)22-11-5-8-14-6-1-2-7-15(14)13-22/h1-4,6-7,9-10,12H,5,8,11,13H2,(H,23,24). The maximum absolute atomic E-state index is 11.7. The number of carbonyl (C=O) groups is 1. The van der Waals surface area contributed by atoms with Crippen LogP contribution in [-0.4, -0.2) is 22.6 Å². The Balaban J connectivity index is 1.80. The molecule has 1 N–H and O–H groups in total. The number of hydrogen-bond donors (Lipinski definition) is 1. The third-order valence-corrected chi connectivity index (χ3v) is 4.61. The van der Waals surface area contributed by atoms with Crippen LogP contribution in [0.25, 0.3) is 10.9 Å². The molecule has 2 aromatic carbocycles. The number of hydrogen-bond acceptors (Lipinski definition) is 3. The monoisotopic (exact) mass is 318 g/mol. The molecule has 1 aliphatic rings. The molecule has 2 heterocycles. The van der Waals surface area contributed by atoms with E-state index in [4.69, 9.17) is 4.98 Å². The quantitative estimate of drug-likeness (QED) is 0.779. The van der Waals surface area contributed by atoms with E-state index in [0.29, 0.717) is 10.9 Å². The van der Waals surface area contributed by atoms with E-state index in [1.165, 1.54) is 11.1 Å². The molecule has 0 saturated carbocycles. The van der Waals surface area contributed by atoms with E-state index in [-0.39, 0.29) is 0 Å². The van der Waals surface area contributed by atoms with Crippen molar-refractivity contribution in [2.75, 3.05) is 11.4 Å². The number of carboxylic acid groups (broad SMARTS) is 1. The molecule has 4 heteroatoms. The van der Waals surface area contributed by atoms with Gasteiger partial charge in [-0.05, 0) is 36.1 Å². The topological polar surface area (TPSA) is 53.4 Å². The second-order valence-electron chi connectivity index (χ2n) is 6.14. The third-order valence-electron chi connectivity index (χ3n) is 4.61. The molecule has 0 atom stereocenters. The SMILES string of the molecule is O=C(O)c1cc(N2CCCc3ccccc3C2)nc2ccccc12. The zero-order chi connectivity index (χ0) is 16.5. The van der Waals surface area contributed by atoms with Crippen molar-refractivity contribution in [1.82, 2.24) is 4.98 Å². The van der Waals surface area contributed by atoms with Gasteiger partial charge in [0.2, 0.25) is 0 Å². The normalized spacial score (nSPS) is 14.2. The molecule has 24 heavy (non-hydrogen) atoms. The van der Waals surface area contributed by atoms with Crippen molar-refractivity contribution >= 4 is 22.7 Å². The molecule has 0 radical (unpaired) electrons. The van der Waals surface area contributed by atoms with Crippen molar-refractivity contribution in [3.63, 3.8) is 0 Å². The highest BCUT2D eigenvalue weighted by atomic mass is 16.4. The first-order chi connectivity index (χ1) is 11.7. The van der Waals surface area contributed by atoms with Crippen molar-refractivity contribution in [1.29, 1.82) is 0 Å². The van der Waals surface area contributed by atoms with Crippen molar-refractivity contribution < 1.29 is 9.90 Å². The second kappa shape index (κ2) is 5.96. The third kappa shape index (κ3) is 2.60. The maximum Gasteiger partial charge on any atom is 0.336 e. The van der Waals surface area contributed by atoms with E-state index in [1.54, 1.807) is 6.07 Å². The lowest BCUT2D eigenvalue weighted by atomic mass is 10.0. The predicted molar refractivity (Wildman–Crippen MR) is 94.5 cm³/mol.